The molecular formula is C13H25NO2. The van der Waals surface area contributed by atoms with Gasteiger partial charge in [-0.05, 0) is 12.8 Å². The van der Waals surface area contributed by atoms with Crippen molar-refractivity contribution in [2.75, 3.05) is 32.8 Å². The van der Waals surface area contributed by atoms with Crippen LogP contribution in [0.1, 0.15) is 39.5 Å². The Morgan fingerprint density at radius 1 is 1.38 bits per heavy atom. The van der Waals surface area contributed by atoms with Crippen molar-refractivity contribution >= 4 is 5.78 Å². The van der Waals surface area contributed by atoms with E-state index in [1.165, 1.54) is 6.42 Å². The standard InChI is InChI=1S/C13H25NO2/c1-3-4-9-16-10-5-7-14-8-6-13(15)12(2)11-14/h12H,3-11H2,1-2H3. The highest BCUT2D eigenvalue weighted by atomic mass is 16.5. The highest BCUT2D eigenvalue weighted by molar-refractivity contribution is 5.81. The zero-order valence-electron chi connectivity index (χ0n) is 10.7. The molecule has 0 aromatic carbocycles. The molecule has 94 valence electrons. The van der Waals surface area contributed by atoms with Gasteiger partial charge in [-0.25, -0.2) is 0 Å². The third-order valence-electron chi connectivity index (χ3n) is 3.16. The number of carbonyl (C=O) groups excluding carboxylic acids is 1. The van der Waals surface area contributed by atoms with Gasteiger partial charge in [0.05, 0.1) is 0 Å². The minimum absolute atomic E-state index is 0.231. The molecule has 0 amide bonds. The summed E-state index contributed by atoms with van der Waals surface area (Å²) in [7, 11) is 0. The second-order valence-corrected chi connectivity index (χ2v) is 4.74. The van der Waals surface area contributed by atoms with Gasteiger partial charge in [-0.2, -0.15) is 0 Å². The van der Waals surface area contributed by atoms with Crippen LogP contribution in [-0.2, 0) is 9.53 Å². The van der Waals surface area contributed by atoms with Crippen LogP contribution in [0.3, 0.4) is 0 Å². The average molecular weight is 227 g/mol. The van der Waals surface area contributed by atoms with Gasteiger partial charge in [0.2, 0.25) is 0 Å². The maximum absolute atomic E-state index is 11.3. The Bertz CT molecular complexity index is 206. The Labute approximate surface area is 99.1 Å². The summed E-state index contributed by atoms with van der Waals surface area (Å²) in [6, 6.07) is 0. The van der Waals surface area contributed by atoms with Gasteiger partial charge in [-0.15, -0.1) is 0 Å². The molecule has 3 nitrogen and oxygen atoms in total. The van der Waals surface area contributed by atoms with E-state index in [0.29, 0.717) is 5.78 Å². The normalized spacial score (nSPS) is 22.6. The molecule has 1 fully saturated rings. The number of carbonyl (C=O) groups is 1. The van der Waals surface area contributed by atoms with Crippen molar-refractivity contribution in [3.63, 3.8) is 0 Å². The lowest BCUT2D eigenvalue weighted by Gasteiger charge is -2.29. The summed E-state index contributed by atoms with van der Waals surface area (Å²) in [5, 5.41) is 0. The number of hydrogen-bond acceptors (Lipinski definition) is 3. The smallest absolute Gasteiger partial charge is 0.138 e. The van der Waals surface area contributed by atoms with Gasteiger partial charge in [-0.1, -0.05) is 20.3 Å². The molecule has 0 N–H and O–H groups in total. The summed E-state index contributed by atoms with van der Waals surface area (Å²) >= 11 is 0. The van der Waals surface area contributed by atoms with Crippen molar-refractivity contribution in [2.45, 2.75) is 39.5 Å². The van der Waals surface area contributed by atoms with Crippen LogP contribution in [0.4, 0.5) is 0 Å². The van der Waals surface area contributed by atoms with Gasteiger partial charge in [0.15, 0.2) is 0 Å². The fourth-order valence-electron chi connectivity index (χ4n) is 2.04. The number of ether oxygens (including phenoxy) is 1. The van der Waals surface area contributed by atoms with E-state index in [1.807, 2.05) is 6.92 Å². The fourth-order valence-corrected chi connectivity index (χ4v) is 2.04. The van der Waals surface area contributed by atoms with Crippen molar-refractivity contribution in [2.24, 2.45) is 5.92 Å². The van der Waals surface area contributed by atoms with Crippen molar-refractivity contribution in [1.82, 2.24) is 4.90 Å². The zero-order chi connectivity index (χ0) is 11.8. The quantitative estimate of drug-likeness (QED) is 0.624. The maximum atomic E-state index is 11.3. The predicted molar refractivity (Wildman–Crippen MR) is 65.6 cm³/mol. The molecule has 16 heavy (non-hydrogen) atoms. The number of ketones is 1. The minimum Gasteiger partial charge on any atom is -0.381 e. The van der Waals surface area contributed by atoms with Crippen LogP contribution in [0.15, 0.2) is 0 Å². The number of hydrogen-bond donors (Lipinski definition) is 0. The molecule has 3 heteroatoms. The Hall–Kier alpha value is -0.410. The number of piperidine rings is 1. The topological polar surface area (TPSA) is 29.5 Å². The third-order valence-corrected chi connectivity index (χ3v) is 3.16. The summed E-state index contributed by atoms with van der Waals surface area (Å²) in [5.74, 6) is 0.658. The van der Waals surface area contributed by atoms with E-state index in [-0.39, 0.29) is 5.92 Å². The SMILES string of the molecule is CCCCOCCCN1CCC(=O)C(C)C1. The van der Waals surface area contributed by atoms with Crippen molar-refractivity contribution in [3.8, 4) is 0 Å². The van der Waals surface area contributed by atoms with E-state index < -0.39 is 0 Å². The molecule has 1 unspecified atom stereocenters. The summed E-state index contributed by atoms with van der Waals surface area (Å²) in [6.07, 6.45) is 4.18. The largest absolute Gasteiger partial charge is 0.381 e. The van der Waals surface area contributed by atoms with Crippen molar-refractivity contribution in [1.29, 1.82) is 0 Å². The van der Waals surface area contributed by atoms with Crippen LogP contribution in [0.25, 0.3) is 0 Å². The van der Waals surface area contributed by atoms with E-state index >= 15 is 0 Å². The van der Waals surface area contributed by atoms with Gasteiger partial charge in [0.25, 0.3) is 0 Å². The van der Waals surface area contributed by atoms with Crippen LogP contribution in [0.5, 0.6) is 0 Å². The number of likely N-dealkylation sites (tertiary alicyclic amines) is 1. The second kappa shape index (κ2) is 7.80. The zero-order valence-corrected chi connectivity index (χ0v) is 10.7. The van der Waals surface area contributed by atoms with Crippen molar-refractivity contribution in [3.05, 3.63) is 0 Å². The summed E-state index contributed by atoms with van der Waals surface area (Å²) in [5.41, 5.74) is 0. The van der Waals surface area contributed by atoms with E-state index in [9.17, 15) is 4.79 Å². The molecule has 0 saturated carbocycles. The fraction of sp³-hybridized carbons (Fsp3) is 0.923. The summed E-state index contributed by atoms with van der Waals surface area (Å²) < 4.78 is 5.52. The lowest BCUT2D eigenvalue weighted by atomic mass is 9.98. The molecule has 1 heterocycles. The van der Waals surface area contributed by atoms with Crippen LogP contribution < -0.4 is 0 Å². The van der Waals surface area contributed by atoms with E-state index in [4.69, 9.17) is 4.74 Å². The molecule has 1 rings (SSSR count). The molecule has 1 aliphatic heterocycles. The van der Waals surface area contributed by atoms with Gasteiger partial charge < -0.3 is 9.64 Å². The first kappa shape index (κ1) is 13.7. The highest BCUT2D eigenvalue weighted by Gasteiger charge is 2.22. The lowest BCUT2D eigenvalue weighted by Crippen LogP contribution is -2.40. The molecule has 1 saturated heterocycles. The first-order valence-corrected chi connectivity index (χ1v) is 6.57. The Kier molecular flexibility index (Phi) is 6.65. The van der Waals surface area contributed by atoms with E-state index in [1.54, 1.807) is 0 Å². The van der Waals surface area contributed by atoms with Gasteiger partial charge in [-0.3, -0.25) is 4.79 Å². The van der Waals surface area contributed by atoms with Crippen LogP contribution in [-0.4, -0.2) is 43.5 Å². The second-order valence-electron chi connectivity index (χ2n) is 4.74. The predicted octanol–water partition coefficient (Wildman–Crippen LogP) is 2.10. The number of rotatable bonds is 7. The lowest BCUT2D eigenvalue weighted by molar-refractivity contribution is -0.125. The molecule has 0 aromatic rings. The molecule has 0 aliphatic carbocycles. The molecular weight excluding hydrogens is 202 g/mol. The first-order chi connectivity index (χ1) is 7.74. The Morgan fingerprint density at radius 3 is 2.81 bits per heavy atom. The molecule has 0 aromatic heterocycles. The van der Waals surface area contributed by atoms with Gasteiger partial charge in [0, 0.05) is 45.2 Å². The monoisotopic (exact) mass is 227 g/mol. The van der Waals surface area contributed by atoms with Gasteiger partial charge >= 0.3 is 0 Å². The van der Waals surface area contributed by atoms with E-state index in [2.05, 4.69) is 11.8 Å². The van der Waals surface area contributed by atoms with Crippen LogP contribution in [0.2, 0.25) is 0 Å². The molecule has 1 aliphatic rings. The van der Waals surface area contributed by atoms with Crippen LogP contribution >= 0.6 is 0 Å². The molecule has 1 atom stereocenters. The molecule has 0 spiro atoms. The van der Waals surface area contributed by atoms with Gasteiger partial charge in [0.1, 0.15) is 5.78 Å². The number of Topliss-reactive ketones (excluding diaryl/α,β-unsaturated/α-hetero) is 1. The molecule has 0 radical (unpaired) electrons. The first-order valence-electron chi connectivity index (χ1n) is 6.57. The Morgan fingerprint density at radius 2 is 2.12 bits per heavy atom. The maximum Gasteiger partial charge on any atom is 0.138 e. The Balaban J connectivity index is 1.99. The van der Waals surface area contributed by atoms with Crippen molar-refractivity contribution < 1.29 is 9.53 Å². The summed E-state index contributed by atoms with van der Waals surface area (Å²) in [6.45, 7) is 8.92. The summed E-state index contributed by atoms with van der Waals surface area (Å²) in [4.78, 5) is 13.7. The number of nitrogens with zero attached hydrogens (tertiary/aromatic N) is 1. The highest BCUT2D eigenvalue weighted by Crippen LogP contribution is 2.12. The van der Waals surface area contributed by atoms with E-state index in [0.717, 1.165) is 52.1 Å². The molecule has 0 bridgehead atoms. The number of unbranched alkanes of at least 4 members (excludes halogenated alkanes) is 1. The van der Waals surface area contributed by atoms with Crippen LogP contribution in [0, 0.1) is 5.92 Å². The third kappa shape index (κ3) is 5.08. The minimum atomic E-state index is 0.231. The average Bonchev–Trinajstić information content (AvgIpc) is 2.28.